The Morgan fingerprint density at radius 1 is 0.938 bits per heavy atom. The molecule has 0 saturated carbocycles. The van der Waals surface area contributed by atoms with Crippen LogP contribution in [0.25, 0.3) is 11.3 Å². The molecule has 0 unspecified atom stereocenters. The molecule has 2 rings (SSSR count). The molecule has 0 bridgehead atoms. The van der Waals surface area contributed by atoms with Gasteiger partial charge in [0.05, 0.1) is 5.69 Å². The maximum Gasteiger partial charge on any atom is 0.427 e. The van der Waals surface area contributed by atoms with E-state index < -0.39 is 23.4 Å². The molecule has 0 saturated heterocycles. The number of carbonyl (C=O) groups is 2. The predicted molar refractivity (Wildman–Crippen MR) is 126 cm³/mol. The van der Waals surface area contributed by atoms with Gasteiger partial charge in [0.1, 0.15) is 16.4 Å². The Morgan fingerprint density at radius 3 is 1.91 bits per heavy atom. The molecule has 32 heavy (non-hydrogen) atoms. The van der Waals surface area contributed by atoms with E-state index in [1.165, 1.54) is 0 Å². The van der Waals surface area contributed by atoms with Gasteiger partial charge in [0.2, 0.25) is 5.95 Å². The lowest BCUT2D eigenvalue weighted by molar-refractivity contribution is 0.0427. The van der Waals surface area contributed by atoms with Crippen LogP contribution in [0.1, 0.15) is 72.4 Å². The molecule has 0 atom stereocenters. The summed E-state index contributed by atoms with van der Waals surface area (Å²) in [5.41, 5.74) is 1.37. The number of amides is 2. The molecule has 1 aromatic carbocycles. The highest BCUT2D eigenvalue weighted by Crippen LogP contribution is 2.34. The van der Waals surface area contributed by atoms with E-state index in [4.69, 9.17) is 21.1 Å². The molecule has 0 radical (unpaired) electrons. The highest BCUT2D eigenvalue weighted by Gasteiger charge is 2.35. The third kappa shape index (κ3) is 6.42. The fraction of sp³-hybridized carbons (Fsp3) is 0.500. The lowest BCUT2D eigenvalue weighted by Gasteiger charge is -2.28. The summed E-state index contributed by atoms with van der Waals surface area (Å²) in [6, 6.07) is 7.78. The van der Waals surface area contributed by atoms with E-state index in [2.05, 4.69) is 23.8 Å². The SMILES string of the molecule is Cc1c(Cl)nc(N(C(=O)OC(C)(C)C)C(=O)OC(C)(C)C)nc1-c1ccccc1C(C)C. The number of nitrogens with zero attached hydrogens (tertiary/aromatic N) is 3. The van der Waals surface area contributed by atoms with Crippen LogP contribution in [0.5, 0.6) is 0 Å². The summed E-state index contributed by atoms with van der Waals surface area (Å²) in [6.45, 7) is 16.1. The second-order valence-corrected chi connectivity index (χ2v) is 10.2. The molecule has 0 aliphatic carbocycles. The zero-order valence-electron chi connectivity index (χ0n) is 20.2. The summed E-state index contributed by atoms with van der Waals surface area (Å²) in [6.07, 6.45) is -1.90. The molecule has 0 N–H and O–H groups in total. The number of halogens is 1. The fourth-order valence-corrected chi connectivity index (χ4v) is 3.07. The van der Waals surface area contributed by atoms with E-state index in [0.29, 0.717) is 16.2 Å². The maximum atomic E-state index is 13.0. The van der Waals surface area contributed by atoms with Crippen LogP contribution >= 0.6 is 11.6 Å². The van der Waals surface area contributed by atoms with E-state index in [1.54, 1.807) is 48.5 Å². The molecule has 174 valence electrons. The first-order chi connectivity index (χ1) is 14.6. The Labute approximate surface area is 195 Å². The third-order valence-corrected chi connectivity index (χ3v) is 4.63. The van der Waals surface area contributed by atoms with E-state index in [9.17, 15) is 9.59 Å². The van der Waals surface area contributed by atoms with Crippen molar-refractivity contribution in [3.05, 3.63) is 40.5 Å². The molecule has 2 aromatic rings. The monoisotopic (exact) mass is 461 g/mol. The van der Waals surface area contributed by atoms with Crippen LogP contribution < -0.4 is 4.90 Å². The number of hydrogen-bond donors (Lipinski definition) is 0. The Hall–Kier alpha value is -2.67. The van der Waals surface area contributed by atoms with Gasteiger partial charge >= 0.3 is 12.2 Å². The number of rotatable bonds is 3. The molecule has 8 heteroatoms. The molecule has 7 nitrogen and oxygen atoms in total. The van der Waals surface area contributed by atoms with E-state index in [-0.39, 0.29) is 17.0 Å². The number of hydrogen-bond acceptors (Lipinski definition) is 6. The largest absolute Gasteiger partial charge is 0.443 e. The number of benzene rings is 1. The van der Waals surface area contributed by atoms with Crippen molar-refractivity contribution in [3.63, 3.8) is 0 Å². The van der Waals surface area contributed by atoms with Gasteiger partial charge in [-0.2, -0.15) is 4.98 Å². The third-order valence-electron chi connectivity index (χ3n) is 4.26. The van der Waals surface area contributed by atoms with Crippen LogP contribution in [0.2, 0.25) is 5.15 Å². The van der Waals surface area contributed by atoms with E-state index in [1.807, 2.05) is 24.3 Å². The minimum absolute atomic E-state index is 0.126. The molecule has 0 aliphatic heterocycles. The number of anilines is 1. The molecule has 0 aliphatic rings. The van der Waals surface area contributed by atoms with Crippen LogP contribution in [0, 0.1) is 6.92 Å². The summed E-state index contributed by atoms with van der Waals surface area (Å²) < 4.78 is 10.9. The summed E-state index contributed by atoms with van der Waals surface area (Å²) in [5.74, 6) is 0.00765. The summed E-state index contributed by atoms with van der Waals surface area (Å²) in [7, 11) is 0. The molecule has 2 amide bonds. The average molecular weight is 462 g/mol. The maximum absolute atomic E-state index is 13.0. The second kappa shape index (κ2) is 9.45. The van der Waals surface area contributed by atoms with Crippen LogP contribution in [-0.2, 0) is 9.47 Å². The van der Waals surface area contributed by atoms with E-state index >= 15 is 0 Å². The topological polar surface area (TPSA) is 81.6 Å². The van der Waals surface area contributed by atoms with Gasteiger partial charge < -0.3 is 9.47 Å². The quantitative estimate of drug-likeness (QED) is 0.462. The van der Waals surface area contributed by atoms with Crippen LogP contribution in [0.4, 0.5) is 15.5 Å². The van der Waals surface area contributed by atoms with Crippen molar-refractivity contribution in [3.8, 4) is 11.3 Å². The predicted octanol–water partition coefficient (Wildman–Crippen LogP) is 6.91. The van der Waals surface area contributed by atoms with Crippen LogP contribution in [-0.4, -0.2) is 33.4 Å². The lowest BCUT2D eigenvalue weighted by Crippen LogP contribution is -2.44. The minimum Gasteiger partial charge on any atom is -0.443 e. The summed E-state index contributed by atoms with van der Waals surface area (Å²) in [5, 5.41) is 0.126. The first kappa shape index (κ1) is 25.6. The molecule has 0 spiro atoms. The van der Waals surface area contributed by atoms with Crippen LogP contribution in [0.15, 0.2) is 24.3 Å². The number of imide groups is 1. The van der Waals surface area contributed by atoms with Gasteiger partial charge in [0.15, 0.2) is 0 Å². The summed E-state index contributed by atoms with van der Waals surface area (Å²) in [4.78, 5) is 35.4. The number of aromatic nitrogens is 2. The lowest BCUT2D eigenvalue weighted by atomic mass is 9.94. The zero-order valence-corrected chi connectivity index (χ0v) is 21.0. The Kier molecular flexibility index (Phi) is 7.55. The van der Waals surface area contributed by atoms with Crippen molar-refractivity contribution in [1.29, 1.82) is 0 Å². The number of carbonyl (C=O) groups excluding carboxylic acids is 2. The first-order valence-corrected chi connectivity index (χ1v) is 10.9. The first-order valence-electron chi connectivity index (χ1n) is 10.5. The molecule has 0 fully saturated rings. The van der Waals surface area contributed by atoms with Crippen molar-refractivity contribution in [2.24, 2.45) is 0 Å². The van der Waals surface area contributed by atoms with E-state index in [0.717, 1.165) is 11.1 Å². The standard InChI is InChI=1S/C24H32ClN3O4/c1-14(2)16-12-10-11-13-17(16)18-15(3)19(25)27-20(26-18)28(21(29)31-23(4,5)6)22(30)32-24(7,8)9/h10-14H,1-9H3. The highest BCUT2D eigenvalue weighted by atomic mass is 35.5. The highest BCUT2D eigenvalue weighted by molar-refractivity contribution is 6.30. The van der Waals surface area contributed by atoms with Gasteiger partial charge in [0, 0.05) is 11.1 Å². The average Bonchev–Trinajstić information content (AvgIpc) is 2.61. The Morgan fingerprint density at radius 2 is 1.44 bits per heavy atom. The smallest absolute Gasteiger partial charge is 0.427 e. The molecular formula is C24H32ClN3O4. The summed E-state index contributed by atoms with van der Waals surface area (Å²) >= 11 is 6.44. The normalized spacial score (nSPS) is 12.0. The molecular weight excluding hydrogens is 430 g/mol. The Balaban J connectivity index is 2.69. The fourth-order valence-electron chi connectivity index (χ4n) is 2.91. The second-order valence-electron chi connectivity index (χ2n) is 9.83. The van der Waals surface area contributed by atoms with Gasteiger partial charge in [-0.15, -0.1) is 4.90 Å². The zero-order chi connectivity index (χ0) is 24.4. The van der Waals surface area contributed by atoms with Gasteiger partial charge in [0.25, 0.3) is 0 Å². The van der Waals surface area contributed by atoms with Crippen molar-refractivity contribution in [2.45, 2.75) is 79.4 Å². The van der Waals surface area contributed by atoms with Crippen molar-refractivity contribution in [1.82, 2.24) is 9.97 Å². The van der Waals surface area contributed by atoms with Gasteiger partial charge in [-0.05, 0) is 59.9 Å². The molecule has 1 heterocycles. The van der Waals surface area contributed by atoms with Crippen molar-refractivity contribution in [2.75, 3.05) is 4.90 Å². The van der Waals surface area contributed by atoms with Crippen LogP contribution in [0.3, 0.4) is 0 Å². The number of ether oxygens (including phenoxy) is 2. The van der Waals surface area contributed by atoms with Crippen molar-refractivity contribution < 1.29 is 19.1 Å². The van der Waals surface area contributed by atoms with Gasteiger partial charge in [-0.25, -0.2) is 14.6 Å². The van der Waals surface area contributed by atoms with Gasteiger partial charge in [-0.3, -0.25) is 0 Å². The molecule has 1 aromatic heterocycles. The van der Waals surface area contributed by atoms with Crippen molar-refractivity contribution >= 4 is 29.7 Å². The minimum atomic E-state index is -0.949. The Bertz CT molecular complexity index is 979. The van der Waals surface area contributed by atoms with Gasteiger partial charge in [-0.1, -0.05) is 49.7 Å².